The number of benzene rings is 2. The predicted octanol–water partition coefficient (Wildman–Crippen LogP) is 7.92. The first-order chi connectivity index (χ1) is 23.9. The van der Waals surface area contributed by atoms with E-state index in [1.165, 1.54) is 28.8 Å². The SMILES string of the molecule is C.CC(=O)N1CCC(N(Cc2cccc(C(=O)Nc3sc4c(c3C(=O)Nc3ccc(CCc5ccncc5)cc3)CCCC4)c2)C2CC2)CC1. The first kappa shape index (κ1) is 35.5. The third kappa shape index (κ3) is 8.50. The fourth-order valence-corrected chi connectivity index (χ4v) is 8.63. The monoisotopic (exact) mass is 691 g/mol. The normalized spacial score (nSPS) is 16.0. The summed E-state index contributed by atoms with van der Waals surface area (Å²) in [5.74, 6) is -0.214. The van der Waals surface area contributed by atoms with Gasteiger partial charge < -0.3 is 15.5 Å². The third-order valence-electron chi connectivity index (χ3n) is 10.2. The topological polar surface area (TPSA) is 94.6 Å². The zero-order chi connectivity index (χ0) is 33.7. The van der Waals surface area contributed by atoms with Crippen molar-refractivity contribution in [2.75, 3.05) is 23.7 Å². The summed E-state index contributed by atoms with van der Waals surface area (Å²) in [6.45, 7) is 4.07. The highest BCUT2D eigenvalue weighted by atomic mass is 32.1. The second-order valence-electron chi connectivity index (χ2n) is 13.7. The number of hydrogen-bond donors (Lipinski definition) is 2. The highest BCUT2D eigenvalue weighted by Crippen LogP contribution is 2.39. The van der Waals surface area contributed by atoms with Crippen LogP contribution in [0, 0.1) is 0 Å². The maximum Gasteiger partial charge on any atom is 0.258 e. The molecule has 262 valence electrons. The van der Waals surface area contributed by atoms with Crippen molar-refractivity contribution in [3.8, 4) is 0 Å². The molecule has 0 unspecified atom stereocenters. The molecule has 50 heavy (non-hydrogen) atoms. The highest BCUT2D eigenvalue weighted by Gasteiger charge is 2.36. The van der Waals surface area contributed by atoms with E-state index in [2.05, 4.69) is 38.7 Å². The van der Waals surface area contributed by atoms with Gasteiger partial charge in [-0.25, -0.2) is 0 Å². The zero-order valence-corrected chi connectivity index (χ0v) is 29.1. The zero-order valence-electron chi connectivity index (χ0n) is 28.2. The van der Waals surface area contributed by atoms with E-state index in [-0.39, 0.29) is 25.1 Å². The molecule has 1 aliphatic heterocycles. The number of likely N-dealkylation sites (tertiary alicyclic amines) is 1. The van der Waals surface area contributed by atoms with Crippen LogP contribution in [0.1, 0.15) is 101 Å². The summed E-state index contributed by atoms with van der Waals surface area (Å²) in [5, 5.41) is 6.90. The molecule has 0 radical (unpaired) electrons. The molecule has 3 heterocycles. The van der Waals surface area contributed by atoms with Crippen molar-refractivity contribution in [2.45, 2.75) is 97.2 Å². The van der Waals surface area contributed by atoms with Crippen molar-refractivity contribution in [2.24, 2.45) is 0 Å². The van der Waals surface area contributed by atoms with Crippen LogP contribution in [0.3, 0.4) is 0 Å². The van der Waals surface area contributed by atoms with E-state index < -0.39 is 0 Å². The van der Waals surface area contributed by atoms with Crippen molar-refractivity contribution in [1.29, 1.82) is 0 Å². The number of carbonyl (C=O) groups is 3. The molecule has 2 aliphatic carbocycles. The molecule has 8 nitrogen and oxygen atoms in total. The molecular weight excluding hydrogens is 643 g/mol. The number of hydrogen-bond acceptors (Lipinski definition) is 6. The van der Waals surface area contributed by atoms with E-state index in [1.54, 1.807) is 18.3 Å². The van der Waals surface area contributed by atoms with Gasteiger partial charge in [-0.05, 0) is 123 Å². The van der Waals surface area contributed by atoms with E-state index in [9.17, 15) is 14.4 Å². The number of aromatic nitrogens is 1. The number of pyridine rings is 1. The number of anilines is 2. The van der Waals surface area contributed by atoms with Crippen molar-refractivity contribution in [3.05, 3.63) is 111 Å². The second kappa shape index (κ2) is 16.1. The molecular formula is C41H49N5O3S. The minimum Gasteiger partial charge on any atom is -0.343 e. The van der Waals surface area contributed by atoms with E-state index in [4.69, 9.17) is 0 Å². The number of fused-ring (bicyclic) bond motifs is 1. The second-order valence-corrected chi connectivity index (χ2v) is 14.8. The smallest absolute Gasteiger partial charge is 0.258 e. The molecule has 9 heteroatoms. The molecule has 2 aromatic carbocycles. The van der Waals surface area contributed by atoms with Crippen LogP contribution in [0.5, 0.6) is 0 Å². The molecule has 2 aromatic heterocycles. The first-order valence-electron chi connectivity index (χ1n) is 17.8. The number of nitrogens with one attached hydrogen (secondary N) is 2. The van der Waals surface area contributed by atoms with Gasteiger partial charge >= 0.3 is 0 Å². The Hall–Kier alpha value is -4.34. The number of aryl methyl sites for hydroxylation is 3. The number of amides is 3. The lowest BCUT2D eigenvalue weighted by Crippen LogP contribution is -2.46. The van der Waals surface area contributed by atoms with Crippen molar-refractivity contribution in [3.63, 3.8) is 0 Å². The summed E-state index contributed by atoms with van der Waals surface area (Å²) in [6, 6.07) is 21.1. The van der Waals surface area contributed by atoms with Gasteiger partial charge in [0.05, 0.1) is 5.56 Å². The van der Waals surface area contributed by atoms with Gasteiger partial charge in [0.2, 0.25) is 5.91 Å². The molecule has 2 fully saturated rings. The molecule has 7 rings (SSSR count). The van der Waals surface area contributed by atoms with Crippen LogP contribution < -0.4 is 10.6 Å². The average molecular weight is 692 g/mol. The van der Waals surface area contributed by atoms with Crippen LogP contribution in [0.4, 0.5) is 10.7 Å². The molecule has 4 aromatic rings. The van der Waals surface area contributed by atoms with Gasteiger partial charge in [0.1, 0.15) is 5.00 Å². The largest absolute Gasteiger partial charge is 0.343 e. The number of thiophene rings is 1. The van der Waals surface area contributed by atoms with E-state index in [1.807, 2.05) is 59.8 Å². The van der Waals surface area contributed by atoms with Gasteiger partial charge in [-0.1, -0.05) is 31.7 Å². The average Bonchev–Trinajstić information content (AvgIpc) is 3.91. The Kier molecular flexibility index (Phi) is 11.4. The summed E-state index contributed by atoms with van der Waals surface area (Å²) in [7, 11) is 0. The Balaban J connectivity index is 0.00000432. The third-order valence-corrected chi connectivity index (χ3v) is 11.4. The Morgan fingerprint density at radius 1 is 0.820 bits per heavy atom. The van der Waals surface area contributed by atoms with E-state index in [0.717, 1.165) is 87.8 Å². The van der Waals surface area contributed by atoms with Gasteiger partial charge in [0.25, 0.3) is 11.8 Å². The van der Waals surface area contributed by atoms with Crippen LogP contribution >= 0.6 is 11.3 Å². The van der Waals surface area contributed by atoms with Crippen molar-refractivity contribution < 1.29 is 14.4 Å². The Morgan fingerprint density at radius 3 is 2.20 bits per heavy atom. The van der Waals surface area contributed by atoms with Crippen LogP contribution in [0.25, 0.3) is 0 Å². The highest BCUT2D eigenvalue weighted by molar-refractivity contribution is 7.17. The fraction of sp³-hybridized carbons (Fsp3) is 0.415. The maximum atomic E-state index is 13.8. The van der Waals surface area contributed by atoms with Gasteiger partial charge in [0, 0.05) is 67.2 Å². The van der Waals surface area contributed by atoms with Crippen LogP contribution in [-0.4, -0.2) is 57.7 Å². The van der Waals surface area contributed by atoms with Crippen LogP contribution in [0.15, 0.2) is 73.1 Å². The summed E-state index contributed by atoms with van der Waals surface area (Å²) in [5.41, 5.74) is 6.58. The standard InChI is InChI=1S/C40H45N5O3S.CH4/c1-27(46)44-23-19-34(20-24-44)45(33-15-16-33)26-30-5-4-6-31(25-30)38(47)43-40-37(35-7-2-3-8-36(35)49-40)39(48)42-32-13-11-28(12-14-32)9-10-29-17-21-41-22-18-29;/h4-6,11-14,17-18,21-22,25,33-34H,2-3,7-10,15-16,19-20,23-24,26H2,1H3,(H,42,48)(H,43,47);1H4. The minimum atomic E-state index is -0.194. The lowest BCUT2D eigenvalue weighted by Gasteiger charge is -2.38. The summed E-state index contributed by atoms with van der Waals surface area (Å²) in [6.07, 6.45) is 13.8. The molecule has 0 atom stereocenters. The quantitative estimate of drug-likeness (QED) is 0.167. The fourth-order valence-electron chi connectivity index (χ4n) is 7.35. The predicted molar refractivity (Wildman–Crippen MR) is 202 cm³/mol. The minimum absolute atomic E-state index is 0. The molecule has 1 saturated carbocycles. The van der Waals surface area contributed by atoms with Gasteiger partial charge in [-0.2, -0.15) is 0 Å². The lowest BCUT2D eigenvalue weighted by atomic mass is 9.95. The maximum absolute atomic E-state index is 13.8. The van der Waals surface area contributed by atoms with Gasteiger partial charge in [-0.15, -0.1) is 11.3 Å². The number of rotatable bonds is 11. The number of nitrogens with zero attached hydrogens (tertiary/aromatic N) is 3. The number of carbonyl (C=O) groups excluding carboxylic acids is 3. The molecule has 1 saturated heterocycles. The Labute approximate surface area is 300 Å². The summed E-state index contributed by atoms with van der Waals surface area (Å²) in [4.78, 5) is 49.3. The molecule has 3 amide bonds. The molecule has 3 aliphatic rings. The molecule has 0 spiro atoms. The van der Waals surface area contributed by atoms with E-state index in [0.29, 0.717) is 28.2 Å². The Bertz CT molecular complexity index is 1790. The Morgan fingerprint density at radius 2 is 1.50 bits per heavy atom. The lowest BCUT2D eigenvalue weighted by molar-refractivity contribution is -0.130. The van der Waals surface area contributed by atoms with Crippen LogP contribution in [0.2, 0.25) is 0 Å². The van der Waals surface area contributed by atoms with Crippen LogP contribution in [-0.2, 0) is 37.0 Å². The van der Waals surface area contributed by atoms with Crippen molar-refractivity contribution >= 4 is 39.7 Å². The molecule has 0 bridgehead atoms. The van der Waals surface area contributed by atoms with E-state index >= 15 is 0 Å². The first-order valence-corrected chi connectivity index (χ1v) is 18.6. The van der Waals surface area contributed by atoms with Gasteiger partial charge in [0.15, 0.2) is 0 Å². The van der Waals surface area contributed by atoms with Gasteiger partial charge in [-0.3, -0.25) is 24.3 Å². The van der Waals surface area contributed by atoms with Crippen molar-refractivity contribution in [1.82, 2.24) is 14.8 Å². The summed E-state index contributed by atoms with van der Waals surface area (Å²) < 4.78 is 0. The summed E-state index contributed by atoms with van der Waals surface area (Å²) >= 11 is 1.55. The molecule has 2 N–H and O–H groups in total. The number of piperidine rings is 1.